The van der Waals surface area contributed by atoms with E-state index >= 15 is 0 Å². The van der Waals surface area contributed by atoms with Gasteiger partial charge in [0.2, 0.25) is 0 Å². The molecule has 2 aromatic rings. The van der Waals surface area contributed by atoms with Crippen LogP contribution in [0.5, 0.6) is 5.75 Å². The Kier molecular flexibility index (Phi) is 4.32. The fourth-order valence-corrected chi connectivity index (χ4v) is 3.01. The first kappa shape index (κ1) is 15.2. The Hall–Kier alpha value is -1.17. The van der Waals surface area contributed by atoms with Crippen molar-refractivity contribution in [3.05, 3.63) is 39.4 Å². The molecule has 6 heteroatoms. The predicted molar refractivity (Wildman–Crippen MR) is 80.7 cm³/mol. The van der Waals surface area contributed by atoms with Crippen LogP contribution in [0.15, 0.2) is 18.2 Å². The molecule has 0 spiro atoms. The van der Waals surface area contributed by atoms with Gasteiger partial charge in [-0.3, -0.25) is 0 Å². The number of nitrogens with zero attached hydrogens (tertiary/aromatic N) is 2. The maximum atomic E-state index is 10.7. The molecule has 0 saturated carbocycles. The van der Waals surface area contributed by atoms with Crippen LogP contribution < -0.4 is 4.74 Å². The lowest BCUT2D eigenvalue weighted by Gasteiger charge is -2.20. The molecule has 0 fully saturated rings. The van der Waals surface area contributed by atoms with Gasteiger partial charge in [0, 0.05) is 16.0 Å². The second kappa shape index (κ2) is 5.68. The zero-order chi connectivity index (χ0) is 14.9. The maximum Gasteiger partial charge on any atom is 0.125 e. The number of methoxy groups -OCH3 is 1. The molecule has 0 radical (unpaired) electrons. The first-order chi connectivity index (χ1) is 9.34. The van der Waals surface area contributed by atoms with Crippen molar-refractivity contribution in [2.45, 2.75) is 32.3 Å². The normalized spacial score (nSPS) is 13.3. The summed E-state index contributed by atoms with van der Waals surface area (Å²) in [6, 6.07) is 5.18. The number of aliphatic hydroxyl groups is 1. The molecule has 0 aliphatic carbocycles. The molecule has 1 heterocycles. The number of hydrogen-bond acceptors (Lipinski definition) is 5. The Morgan fingerprint density at radius 3 is 2.65 bits per heavy atom. The second-order valence-corrected chi connectivity index (χ2v) is 6.75. The van der Waals surface area contributed by atoms with Gasteiger partial charge in [-0.2, -0.15) is 0 Å². The van der Waals surface area contributed by atoms with Crippen molar-refractivity contribution >= 4 is 23.1 Å². The third kappa shape index (κ3) is 2.95. The molecule has 0 amide bonds. The number of aromatic nitrogens is 2. The van der Waals surface area contributed by atoms with Crippen molar-refractivity contribution in [1.29, 1.82) is 0 Å². The standard InChI is InChI=1S/C14H17ClN2O2S/c1-14(2,3)13-12(20-17-16-13)11(18)9-7-8(15)5-6-10(9)19-4/h5-7,11,18H,1-4H3. The zero-order valence-electron chi connectivity index (χ0n) is 11.8. The van der Waals surface area contributed by atoms with E-state index < -0.39 is 6.10 Å². The Bertz CT molecular complexity index is 607. The predicted octanol–water partition coefficient (Wildman–Crippen LogP) is 3.58. The number of halogens is 1. The highest BCUT2D eigenvalue weighted by Gasteiger charge is 2.28. The summed E-state index contributed by atoms with van der Waals surface area (Å²) in [5.41, 5.74) is 1.23. The van der Waals surface area contributed by atoms with Crippen LogP contribution in [0.2, 0.25) is 5.02 Å². The summed E-state index contributed by atoms with van der Waals surface area (Å²) in [6.07, 6.45) is -0.849. The number of hydrogen-bond donors (Lipinski definition) is 1. The van der Waals surface area contributed by atoms with Crippen molar-refractivity contribution in [1.82, 2.24) is 9.59 Å². The first-order valence-corrected chi connectivity index (χ1v) is 7.34. The van der Waals surface area contributed by atoms with Crippen LogP contribution in [-0.2, 0) is 5.41 Å². The summed E-state index contributed by atoms with van der Waals surface area (Å²) in [5, 5.41) is 15.4. The summed E-state index contributed by atoms with van der Waals surface area (Å²) in [4.78, 5) is 0.720. The van der Waals surface area contributed by atoms with Crippen molar-refractivity contribution in [3.8, 4) is 5.75 Å². The number of benzene rings is 1. The molecular weight excluding hydrogens is 296 g/mol. The molecule has 0 aliphatic rings. The smallest absolute Gasteiger partial charge is 0.125 e. The molecule has 0 aliphatic heterocycles. The monoisotopic (exact) mass is 312 g/mol. The molecule has 2 rings (SSSR count). The van der Waals surface area contributed by atoms with E-state index in [1.165, 1.54) is 11.5 Å². The maximum absolute atomic E-state index is 10.7. The van der Waals surface area contributed by atoms with Crippen LogP contribution in [0.3, 0.4) is 0 Å². The third-order valence-corrected chi connectivity index (χ3v) is 3.97. The molecule has 0 bridgehead atoms. The summed E-state index contributed by atoms with van der Waals surface area (Å²) >= 11 is 7.21. The second-order valence-electron chi connectivity index (χ2n) is 5.52. The van der Waals surface area contributed by atoms with Gasteiger partial charge >= 0.3 is 0 Å². The van der Waals surface area contributed by atoms with Gasteiger partial charge in [-0.1, -0.05) is 36.9 Å². The number of rotatable bonds is 3. The van der Waals surface area contributed by atoms with Crippen LogP contribution >= 0.6 is 23.1 Å². The van der Waals surface area contributed by atoms with Gasteiger partial charge in [0.25, 0.3) is 0 Å². The number of ether oxygens (including phenoxy) is 1. The van der Waals surface area contributed by atoms with Crippen molar-refractivity contribution in [2.24, 2.45) is 0 Å². The van der Waals surface area contributed by atoms with Crippen molar-refractivity contribution in [2.75, 3.05) is 7.11 Å². The van der Waals surface area contributed by atoms with Gasteiger partial charge in [-0.15, -0.1) is 5.10 Å². The first-order valence-electron chi connectivity index (χ1n) is 6.19. The lowest BCUT2D eigenvalue weighted by atomic mass is 9.89. The average Bonchev–Trinajstić information content (AvgIpc) is 2.87. The van der Waals surface area contributed by atoms with E-state index in [1.54, 1.807) is 25.3 Å². The van der Waals surface area contributed by atoms with E-state index in [0.717, 1.165) is 10.6 Å². The molecule has 1 aromatic carbocycles. The molecule has 20 heavy (non-hydrogen) atoms. The third-order valence-electron chi connectivity index (χ3n) is 2.96. The highest BCUT2D eigenvalue weighted by atomic mass is 35.5. The van der Waals surface area contributed by atoms with Gasteiger partial charge in [-0.05, 0) is 29.7 Å². The van der Waals surface area contributed by atoms with Crippen LogP contribution in [-0.4, -0.2) is 21.8 Å². The average molecular weight is 313 g/mol. The van der Waals surface area contributed by atoms with Crippen LogP contribution in [0.4, 0.5) is 0 Å². The van der Waals surface area contributed by atoms with E-state index in [2.05, 4.69) is 9.59 Å². The zero-order valence-corrected chi connectivity index (χ0v) is 13.4. The van der Waals surface area contributed by atoms with E-state index in [-0.39, 0.29) is 5.41 Å². The molecule has 1 N–H and O–H groups in total. The van der Waals surface area contributed by atoms with E-state index in [9.17, 15) is 5.11 Å². The molecule has 0 saturated heterocycles. The molecule has 1 aromatic heterocycles. The lowest BCUT2D eigenvalue weighted by molar-refractivity contribution is 0.215. The fraction of sp³-hybridized carbons (Fsp3) is 0.429. The van der Waals surface area contributed by atoms with E-state index in [1.807, 2.05) is 20.8 Å². The summed E-state index contributed by atoms with van der Waals surface area (Å²) in [5.74, 6) is 0.593. The summed E-state index contributed by atoms with van der Waals surface area (Å²) in [6.45, 7) is 6.11. The molecular formula is C14H17ClN2O2S. The van der Waals surface area contributed by atoms with Gasteiger partial charge in [0.15, 0.2) is 0 Å². The minimum atomic E-state index is -0.849. The van der Waals surface area contributed by atoms with E-state index in [4.69, 9.17) is 16.3 Å². The highest BCUT2D eigenvalue weighted by molar-refractivity contribution is 7.05. The summed E-state index contributed by atoms with van der Waals surface area (Å²) < 4.78 is 9.26. The molecule has 4 nitrogen and oxygen atoms in total. The largest absolute Gasteiger partial charge is 0.496 e. The van der Waals surface area contributed by atoms with E-state index in [0.29, 0.717) is 16.3 Å². The van der Waals surface area contributed by atoms with Gasteiger partial charge in [0.05, 0.1) is 17.7 Å². The minimum absolute atomic E-state index is 0.185. The lowest BCUT2D eigenvalue weighted by Crippen LogP contribution is -2.16. The van der Waals surface area contributed by atoms with Crippen molar-refractivity contribution in [3.63, 3.8) is 0 Å². The van der Waals surface area contributed by atoms with Gasteiger partial charge < -0.3 is 9.84 Å². The molecule has 1 atom stereocenters. The van der Waals surface area contributed by atoms with Crippen LogP contribution in [0.1, 0.15) is 43.0 Å². The van der Waals surface area contributed by atoms with Crippen LogP contribution in [0, 0.1) is 0 Å². The van der Waals surface area contributed by atoms with Gasteiger partial charge in [-0.25, -0.2) is 0 Å². The minimum Gasteiger partial charge on any atom is -0.496 e. The highest BCUT2D eigenvalue weighted by Crippen LogP contribution is 2.37. The SMILES string of the molecule is COc1ccc(Cl)cc1C(O)c1snnc1C(C)(C)C. The van der Waals surface area contributed by atoms with Gasteiger partial charge in [0.1, 0.15) is 11.9 Å². The fourth-order valence-electron chi connectivity index (χ4n) is 1.96. The van der Waals surface area contributed by atoms with Crippen molar-refractivity contribution < 1.29 is 9.84 Å². The topological polar surface area (TPSA) is 55.2 Å². The molecule has 108 valence electrons. The Labute approximate surface area is 127 Å². The Morgan fingerprint density at radius 2 is 2.05 bits per heavy atom. The number of aliphatic hydroxyl groups excluding tert-OH is 1. The molecule has 1 unspecified atom stereocenters. The van der Waals surface area contributed by atoms with Crippen LogP contribution in [0.25, 0.3) is 0 Å². The Morgan fingerprint density at radius 1 is 1.35 bits per heavy atom. The summed E-state index contributed by atoms with van der Waals surface area (Å²) in [7, 11) is 1.56. The Balaban J connectivity index is 2.49. The quantitative estimate of drug-likeness (QED) is 0.941.